The van der Waals surface area contributed by atoms with Crippen molar-refractivity contribution in [3.05, 3.63) is 34.9 Å². The zero-order valence-corrected chi connectivity index (χ0v) is 12.4. The highest BCUT2D eigenvalue weighted by Gasteiger charge is 2.22. The minimum Gasteiger partial charge on any atom is -0.336 e. The standard InChI is InChI=1S/C15H21ClN2O/c1-12(2)11-17-6-8-18(9-7-17)15(19)13-4-3-5-14(16)10-13/h3-5,10,12H,6-9,11H2,1-2H3. The maximum Gasteiger partial charge on any atom is 0.253 e. The van der Waals surface area contributed by atoms with Crippen LogP contribution in [0.15, 0.2) is 24.3 Å². The topological polar surface area (TPSA) is 23.6 Å². The first-order valence-corrected chi connectivity index (χ1v) is 7.21. The van der Waals surface area contributed by atoms with Gasteiger partial charge in [0.2, 0.25) is 0 Å². The highest BCUT2D eigenvalue weighted by molar-refractivity contribution is 6.30. The fourth-order valence-electron chi connectivity index (χ4n) is 2.45. The average Bonchev–Trinajstić information content (AvgIpc) is 2.38. The Labute approximate surface area is 120 Å². The first kappa shape index (κ1) is 14.4. The monoisotopic (exact) mass is 280 g/mol. The van der Waals surface area contributed by atoms with Gasteiger partial charge in [-0.1, -0.05) is 31.5 Å². The number of hydrogen-bond donors (Lipinski definition) is 0. The summed E-state index contributed by atoms with van der Waals surface area (Å²) < 4.78 is 0. The number of nitrogens with zero attached hydrogens (tertiary/aromatic N) is 2. The van der Waals surface area contributed by atoms with Crippen LogP contribution in [-0.2, 0) is 0 Å². The number of amides is 1. The Hall–Kier alpha value is -1.06. The molecule has 4 heteroatoms. The van der Waals surface area contributed by atoms with Gasteiger partial charge >= 0.3 is 0 Å². The first-order valence-electron chi connectivity index (χ1n) is 6.83. The molecule has 1 aliphatic rings. The molecular weight excluding hydrogens is 260 g/mol. The summed E-state index contributed by atoms with van der Waals surface area (Å²) in [5, 5.41) is 0.615. The summed E-state index contributed by atoms with van der Waals surface area (Å²) in [5.41, 5.74) is 0.685. The van der Waals surface area contributed by atoms with Crippen molar-refractivity contribution in [1.82, 2.24) is 9.80 Å². The lowest BCUT2D eigenvalue weighted by atomic mass is 10.1. The summed E-state index contributed by atoms with van der Waals surface area (Å²) in [6, 6.07) is 7.18. The summed E-state index contributed by atoms with van der Waals surface area (Å²) in [6.07, 6.45) is 0. The van der Waals surface area contributed by atoms with Crippen LogP contribution in [0.1, 0.15) is 24.2 Å². The van der Waals surface area contributed by atoms with E-state index in [1.54, 1.807) is 12.1 Å². The van der Waals surface area contributed by atoms with Gasteiger partial charge in [0.25, 0.3) is 5.91 Å². The predicted octanol–water partition coefficient (Wildman–Crippen LogP) is 2.75. The molecule has 1 heterocycles. The van der Waals surface area contributed by atoms with Gasteiger partial charge in [-0.15, -0.1) is 0 Å². The third-order valence-corrected chi connectivity index (χ3v) is 3.59. The molecule has 0 saturated carbocycles. The van der Waals surface area contributed by atoms with Crippen molar-refractivity contribution in [2.45, 2.75) is 13.8 Å². The van der Waals surface area contributed by atoms with Gasteiger partial charge in [0.1, 0.15) is 0 Å². The van der Waals surface area contributed by atoms with E-state index in [0.717, 1.165) is 32.7 Å². The van der Waals surface area contributed by atoms with E-state index in [2.05, 4.69) is 18.7 Å². The van der Waals surface area contributed by atoms with Gasteiger partial charge in [0.15, 0.2) is 0 Å². The van der Waals surface area contributed by atoms with E-state index in [-0.39, 0.29) is 5.91 Å². The Morgan fingerprint density at radius 3 is 2.53 bits per heavy atom. The van der Waals surface area contributed by atoms with Gasteiger partial charge in [-0.2, -0.15) is 0 Å². The van der Waals surface area contributed by atoms with Crippen molar-refractivity contribution in [2.24, 2.45) is 5.92 Å². The number of hydrogen-bond acceptors (Lipinski definition) is 2. The fourth-order valence-corrected chi connectivity index (χ4v) is 2.64. The van der Waals surface area contributed by atoms with E-state index in [1.165, 1.54) is 0 Å². The minimum atomic E-state index is 0.0895. The summed E-state index contributed by atoms with van der Waals surface area (Å²) in [7, 11) is 0. The van der Waals surface area contributed by atoms with E-state index in [9.17, 15) is 4.79 Å². The molecule has 0 bridgehead atoms. The molecule has 1 aromatic carbocycles. The number of benzene rings is 1. The van der Waals surface area contributed by atoms with Gasteiger partial charge in [-0.05, 0) is 24.1 Å². The lowest BCUT2D eigenvalue weighted by Gasteiger charge is -2.35. The summed E-state index contributed by atoms with van der Waals surface area (Å²) in [5.74, 6) is 0.766. The van der Waals surface area contributed by atoms with Crippen molar-refractivity contribution in [1.29, 1.82) is 0 Å². The summed E-state index contributed by atoms with van der Waals surface area (Å²) >= 11 is 5.93. The van der Waals surface area contributed by atoms with Crippen molar-refractivity contribution < 1.29 is 4.79 Å². The van der Waals surface area contributed by atoms with Crippen LogP contribution < -0.4 is 0 Å². The molecule has 1 saturated heterocycles. The van der Waals surface area contributed by atoms with E-state index >= 15 is 0 Å². The Kier molecular flexibility index (Phi) is 4.83. The molecule has 0 spiro atoms. The third kappa shape index (κ3) is 3.95. The third-order valence-electron chi connectivity index (χ3n) is 3.35. The molecule has 0 atom stereocenters. The quantitative estimate of drug-likeness (QED) is 0.850. The molecule has 0 N–H and O–H groups in total. The number of halogens is 1. The Morgan fingerprint density at radius 2 is 1.95 bits per heavy atom. The Bertz CT molecular complexity index is 440. The zero-order chi connectivity index (χ0) is 13.8. The molecule has 3 nitrogen and oxygen atoms in total. The highest BCUT2D eigenvalue weighted by Crippen LogP contribution is 2.14. The number of rotatable bonds is 3. The Morgan fingerprint density at radius 1 is 1.26 bits per heavy atom. The van der Waals surface area contributed by atoms with Crippen LogP contribution in [0.2, 0.25) is 5.02 Å². The van der Waals surface area contributed by atoms with Crippen LogP contribution in [0.5, 0.6) is 0 Å². The van der Waals surface area contributed by atoms with Crippen molar-refractivity contribution in [3.8, 4) is 0 Å². The van der Waals surface area contributed by atoms with Crippen LogP contribution in [0.3, 0.4) is 0 Å². The molecule has 104 valence electrons. The fraction of sp³-hybridized carbons (Fsp3) is 0.533. The number of carbonyl (C=O) groups is 1. The van der Waals surface area contributed by atoms with E-state index < -0.39 is 0 Å². The largest absolute Gasteiger partial charge is 0.336 e. The minimum absolute atomic E-state index is 0.0895. The maximum atomic E-state index is 12.3. The molecule has 1 fully saturated rings. The number of piperazine rings is 1. The summed E-state index contributed by atoms with van der Waals surface area (Å²) in [4.78, 5) is 16.7. The molecule has 1 amide bonds. The Balaban J connectivity index is 1.92. The number of carbonyl (C=O) groups excluding carboxylic acids is 1. The molecule has 0 aliphatic carbocycles. The molecule has 0 unspecified atom stereocenters. The van der Waals surface area contributed by atoms with E-state index in [4.69, 9.17) is 11.6 Å². The van der Waals surface area contributed by atoms with Crippen LogP contribution in [0.25, 0.3) is 0 Å². The molecule has 2 rings (SSSR count). The second-order valence-electron chi connectivity index (χ2n) is 5.50. The molecule has 0 aromatic heterocycles. The lowest BCUT2D eigenvalue weighted by molar-refractivity contribution is 0.0624. The predicted molar refractivity (Wildman–Crippen MR) is 78.6 cm³/mol. The van der Waals surface area contributed by atoms with Crippen LogP contribution in [0.4, 0.5) is 0 Å². The van der Waals surface area contributed by atoms with Gasteiger partial charge in [-0.3, -0.25) is 9.69 Å². The second-order valence-corrected chi connectivity index (χ2v) is 5.93. The molecule has 0 radical (unpaired) electrons. The normalized spacial score (nSPS) is 16.9. The van der Waals surface area contributed by atoms with E-state index in [0.29, 0.717) is 16.5 Å². The van der Waals surface area contributed by atoms with Crippen LogP contribution >= 0.6 is 11.6 Å². The van der Waals surface area contributed by atoms with Crippen molar-refractivity contribution in [3.63, 3.8) is 0 Å². The average molecular weight is 281 g/mol. The zero-order valence-electron chi connectivity index (χ0n) is 11.6. The molecule has 19 heavy (non-hydrogen) atoms. The van der Waals surface area contributed by atoms with Gasteiger partial charge in [-0.25, -0.2) is 0 Å². The van der Waals surface area contributed by atoms with Crippen LogP contribution in [0, 0.1) is 5.92 Å². The molecular formula is C15H21ClN2O. The highest BCUT2D eigenvalue weighted by atomic mass is 35.5. The lowest BCUT2D eigenvalue weighted by Crippen LogP contribution is -2.49. The second kappa shape index (κ2) is 6.40. The summed E-state index contributed by atoms with van der Waals surface area (Å²) in [6.45, 7) is 9.09. The van der Waals surface area contributed by atoms with Gasteiger partial charge < -0.3 is 4.90 Å². The molecule has 1 aromatic rings. The SMILES string of the molecule is CC(C)CN1CCN(C(=O)c2cccc(Cl)c2)CC1. The smallest absolute Gasteiger partial charge is 0.253 e. The van der Waals surface area contributed by atoms with Crippen molar-refractivity contribution >= 4 is 17.5 Å². The van der Waals surface area contributed by atoms with Gasteiger partial charge in [0, 0.05) is 43.3 Å². The maximum absolute atomic E-state index is 12.3. The van der Waals surface area contributed by atoms with Crippen molar-refractivity contribution in [2.75, 3.05) is 32.7 Å². The van der Waals surface area contributed by atoms with Crippen LogP contribution in [-0.4, -0.2) is 48.4 Å². The van der Waals surface area contributed by atoms with E-state index in [1.807, 2.05) is 17.0 Å². The molecule has 1 aliphatic heterocycles. The van der Waals surface area contributed by atoms with Gasteiger partial charge in [0.05, 0.1) is 0 Å². The first-order chi connectivity index (χ1) is 9.06.